The quantitative estimate of drug-likeness (QED) is 0.157. The van der Waals surface area contributed by atoms with Crippen molar-refractivity contribution in [1.29, 1.82) is 0 Å². The third kappa shape index (κ3) is 11.7. The molecule has 30 heavy (non-hydrogen) atoms. The molecule has 0 aromatic rings. The van der Waals surface area contributed by atoms with Crippen LogP contribution in [0.4, 0.5) is 0 Å². The molecule has 0 amide bonds. The first-order valence-corrected chi connectivity index (χ1v) is 13.5. The number of nitrogens with zero attached hydrogens (tertiary/aromatic N) is 1. The van der Waals surface area contributed by atoms with Crippen molar-refractivity contribution in [2.24, 2.45) is 11.8 Å². The van der Waals surface area contributed by atoms with Crippen LogP contribution in [0, 0.1) is 11.8 Å². The Kier molecular flexibility index (Phi) is 16.5. The van der Waals surface area contributed by atoms with Crippen LogP contribution in [0.15, 0.2) is 0 Å². The molecular weight excluding hydrogens is 370 g/mol. The maximum absolute atomic E-state index is 11.9. The van der Waals surface area contributed by atoms with Gasteiger partial charge in [-0.25, -0.2) is 0 Å². The fraction of sp³-hybridized carbons (Fsp3) is 0.963. The van der Waals surface area contributed by atoms with E-state index in [1.165, 1.54) is 103 Å². The number of hydrogen-bond acceptors (Lipinski definition) is 3. The van der Waals surface area contributed by atoms with E-state index in [0.717, 1.165) is 18.3 Å². The second-order valence-corrected chi connectivity index (χ2v) is 9.74. The van der Waals surface area contributed by atoms with Crippen LogP contribution in [0.5, 0.6) is 0 Å². The molecule has 0 radical (unpaired) electrons. The van der Waals surface area contributed by atoms with Gasteiger partial charge in [-0.05, 0) is 45.1 Å². The zero-order valence-electron chi connectivity index (χ0n) is 20.9. The highest BCUT2D eigenvalue weighted by Crippen LogP contribution is 2.38. The van der Waals surface area contributed by atoms with Gasteiger partial charge in [0, 0.05) is 19.0 Å². The van der Waals surface area contributed by atoms with E-state index < -0.39 is 0 Å². The molecule has 1 heterocycles. The molecule has 178 valence electrons. The fourth-order valence-corrected chi connectivity index (χ4v) is 5.47. The van der Waals surface area contributed by atoms with Crippen LogP contribution in [0.2, 0.25) is 0 Å². The molecule has 0 saturated carbocycles. The van der Waals surface area contributed by atoms with Gasteiger partial charge in [0.05, 0.1) is 6.61 Å². The Morgan fingerprint density at radius 3 is 1.90 bits per heavy atom. The van der Waals surface area contributed by atoms with Crippen molar-refractivity contribution < 1.29 is 9.53 Å². The summed E-state index contributed by atoms with van der Waals surface area (Å²) in [5, 5.41) is 0. The van der Waals surface area contributed by atoms with Crippen molar-refractivity contribution in [3.8, 4) is 0 Å². The van der Waals surface area contributed by atoms with Gasteiger partial charge in [0.25, 0.3) is 0 Å². The average molecular weight is 424 g/mol. The summed E-state index contributed by atoms with van der Waals surface area (Å²) < 4.78 is 5.19. The first kappa shape index (κ1) is 27.5. The van der Waals surface area contributed by atoms with Crippen LogP contribution in [-0.4, -0.2) is 37.1 Å². The van der Waals surface area contributed by atoms with Gasteiger partial charge in [0.2, 0.25) is 0 Å². The molecule has 0 aromatic heterocycles. The van der Waals surface area contributed by atoms with Gasteiger partial charge in [0.1, 0.15) is 0 Å². The smallest absolute Gasteiger partial charge is 0.305 e. The monoisotopic (exact) mass is 423 g/mol. The van der Waals surface area contributed by atoms with Crippen LogP contribution in [0.25, 0.3) is 0 Å². The van der Waals surface area contributed by atoms with Crippen LogP contribution in [0.3, 0.4) is 0 Å². The molecule has 3 nitrogen and oxygen atoms in total. The maximum Gasteiger partial charge on any atom is 0.305 e. The third-order valence-corrected chi connectivity index (χ3v) is 7.21. The van der Waals surface area contributed by atoms with Crippen molar-refractivity contribution in [1.82, 2.24) is 4.90 Å². The van der Waals surface area contributed by atoms with E-state index in [1.807, 2.05) is 6.92 Å². The predicted molar refractivity (Wildman–Crippen MR) is 130 cm³/mol. The van der Waals surface area contributed by atoms with Gasteiger partial charge in [-0.3, -0.25) is 4.79 Å². The molecule has 1 aliphatic rings. The lowest BCUT2D eigenvalue weighted by atomic mass is 9.81. The maximum atomic E-state index is 11.9. The SMILES string of the molecule is CCCCCCCCCCCC1C(CCCCCC)CN(C)C1CCC(=O)OCC. The van der Waals surface area contributed by atoms with Crippen molar-refractivity contribution >= 4 is 5.97 Å². The summed E-state index contributed by atoms with van der Waals surface area (Å²) in [5.41, 5.74) is 0. The number of unbranched alkanes of at least 4 members (excludes halogenated alkanes) is 11. The number of carbonyl (C=O) groups is 1. The molecule has 3 unspecified atom stereocenters. The van der Waals surface area contributed by atoms with Gasteiger partial charge >= 0.3 is 5.97 Å². The van der Waals surface area contributed by atoms with E-state index in [2.05, 4.69) is 25.8 Å². The lowest BCUT2D eigenvalue weighted by molar-refractivity contribution is -0.143. The van der Waals surface area contributed by atoms with E-state index in [0.29, 0.717) is 19.1 Å². The van der Waals surface area contributed by atoms with Crippen LogP contribution >= 0.6 is 0 Å². The molecule has 0 N–H and O–H groups in total. The topological polar surface area (TPSA) is 29.5 Å². The summed E-state index contributed by atoms with van der Waals surface area (Å²) in [6.45, 7) is 8.21. The largest absolute Gasteiger partial charge is 0.466 e. The zero-order valence-corrected chi connectivity index (χ0v) is 20.9. The minimum Gasteiger partial charge on any atom is -0.466 e. The molecule has 3 atom stereocenters. The Morgan fingerprint density at radius 1 is 0.767 bits per heavy atom. The lowest BCUT2D eigenvalue weighted by Crippen LogP contribution is -2.30. The minimum absolute atomic E-state index is 0.0147. The van der Waals surface area contributed by atoms with Gasteiger partial charge in [-0.15, -0.1) is 0 Å². The van der Waals surface area contributed by atoms with E-state index in [9.17, 15) is 4.79 Å². The van der Waals surface area contributed by atoms with E-state index in [-0.39, 0.29) is 5.97 Å². The molecule has 0 bridgehead atoms. The fourth-order valence-electron chi connectivity index (χ4n) is 5.47. The van der Waals surface area contributed by atoms with Crippen molar-refractivity contribution in [3.05, 3.63) is 0 Å². The summed E-state index contributed by atoms with van der Waals surface area (Å²) >= 11 is 0. The highest BCUT2D eigenvalue weighted by Gasteiger charge is 2.38. The summed E-state index contributed by atoms with van der Waals surface area (Å²) in [7, 11) is 2.28. The Bertz CT molecular complexity index is 412. The average Bonchev–Trinajstić information content (AvgIpc) is 3.03. The van der Waals surface area contributed by atoms with E-state index in [4.69, 9.17) is 4.74 Å². The molecule has 1 aliphatic heterocycles. The summed E-state index contributed by atoms with van der Waals surface area (Å²) in [5.74, 6) is 1.59. The number of rotatable bonds is 19. The van der Waals surface area contributed by atoms with Gasteiger partial charge < -0.3 is 9.64 Å². The number of hydrogen-bond donors (Lipinski definition) is 0. The molecule has 1 fully saturated rings. The summed E-state index contributed by atoms with van der Waals surface area (Å²) in [6, 6.07) is 0.569. The number of ether oxygens (including phenoxy) is 1. The van der Waals surface area contributed by atoms with Gasteiger partial charge in [-0.2, -0.15) is 0 Å². The first-order chi connectivity index (χ1) is 14.6. The molecule has 1 saturated heterocycles. The van der Waals surface area contributed by atoms with Crippen LogP contribution < -0.4 is 0 Å². The predicted octanol–water partition coefficient (Wildman–Crippen LogP) is 7.77. The molecule has 0 aliphatic carbocycles. The minimum atomic E-state index is -0.0147. The molecule has 3 heteroatoms. The van der Waals surface area contributed by atoms with Gasteiger partial charge in [0.15, 0.2) is 0 Å². The summed E-state index contributed by atoms with van der Waals surface area (Å²) in [6.07, 6.45) is 22.3. The Morgan fingerprint density at radius 2 is 1.30 bits per heavy atom. The second kappa shape index (κ2) is 18.0. The Labute approximate surface area is 188 Å². The Hall–Kier alpha value is -0.570. The Balaban J connectivity index is 2.41. The van der Waals surface area contributed by atoms with Crippen LogP contribution in [0.1, 0.15) is 130 Å². The molecule has 0 spiro atoms. The lowest BCUT2D eigenvalue weighted by Gasteiger charge is -2.26. The second-order valence-electron chi connectivity index (χ2n) is 9.74. The van der Waals surface area contributed by atoms with Gasteiger partial charge in [-0.1, -0.05) is 97.3 Å². The standard InChI is InChI=1S/C27H53NO2/c1-5-8-10-12-13-14-15-16-18-20-25-24(19-17-11-9-6-2)23-28(4)26(25)21-22-27(29)30-7-3/h24-26H,5-23H2,1-4H3. The van der Waals surface area contributed by atoms with E-state index >= 15 is 0 Å². The number of esters is 1. The normalized spacial score (nSPS) is 21.9. The molecule has 1 rings (SSSR count). The number of carbonyl (C=O) groups excluding carboxylic acids is 1. The summed E-state index contributed by atoms with van der Waals surface area (Å²) in [4.78, 5) is 14.5. The highest BCUT2D eigenvalue weighted by molar-refractivity contribution is 5.69. The highest BCUT2D eigenvalue weighted by atomic mass is 16.5. The van der Waals surface area contributed by atoms with Crippen molar-refractivity contribution in [2.45, 2.75) is 136 Å². The molecular formula is C27H53NO2. The first-order valence-electron chi connectivity index (χ1n) is 13.5. The van der Waals surface area contributed by atoms with Crippen molar-refractivity contribution in [2.75, 3.05) is 20.2 Å². The van der Waals surface area contributed by atoms with E-state index in [1.54, 1.807) is 0 Å². The molecule has 0 aromatic carbocycles. The number of likely N-dealkylation sites (tertiary alicyclic amines) is 1. The van der Waals surface area contributed by atoms with Crippen molar-refractivity contribution in [3.63, 3.8) is 0 Å². The zero-order chi connectivity index (χ0) is 22.0. The third-order valence-electron chi connectivity index (χ3n) is 7.21. The van der Waals surface area contributed by atoms with Crippen LogP contribution in [-0.2, 0) is 9.53 Å².